The van der Waals surface area contributed by atoms with Crippen molar-refractivity contribution < 1.29 is 22.8 Å². The van der Waals surface area contributed by atoms with Gasteiger partial charge in [-0.15, -0.1) is 5.06 Å². The summed E-state index contributed by atoms with van der Waals surface area (Å²) in [6, 6.07) is 2.01. The zero-order valence-electron chi connectivity index (χ0n) is 8.46. The van der Waals surface area contributed by atoms with Gasteiger partial charge in [-0.05, 0) is 18.8 Å². The molecule has 1 rings (SSSR count). The molecule has 4 nitrogen and oxygen atoms in total. The molecule has 0 aromatic carbocycles. The van der Waals surface area contributed by atoms with E-state index in [2.05, 4.69) is 4.84 Å². The molecule has 1 aliphatic heterocycles. The molecule has 0 aromatic rings. The fourth-order valence-corrected chi connectivity index (χ4v) is 1.50. The lowest BCUT2D eigenvalue weighted by molar-refractivity contribution is -0.242. The molecule has 0 bridgehead atoms. The van der Waals surface area contributed by atoms with Crippen LogP contribution in [0.15, 0.2) is 0 Å². The molecule has 0 N–H and O–H groups in total. The Hall–Kier alpha value is -1.29. The van der Waals surface area contributed by atoms with E-state index in [1.807, 2.05) is 6.07 Å². The third-order valence-electron chi connectivity index (χ3n) is 2.40. The van der Waals surface area contributed by atoms with Gasteiger partial charge in [0.05, 0.1) is 6.07 Å². The Bertz CT molecular complexity index is 290. The Kier molecular flexibility index (Phi) is 4.12. The third-order valence-corrected chi connectivity index (χ3v) is 2.40. The quantitative estimate of drug-likeness (QED) is 0.731. The van der Waals surface area contributed by atoms with E-state index in [0.717, 1.165) is 5.06 Å². The van der Waals surface area contributed by atoms with Gasteiger partial charge in [-0.1, -0.05) is 0 Å². The first-order chi connectivity index (χ1) is 7.43. The van der Waals surface area contributed by atoms with Crippen LogP contribution in [0.1, 0.15) is 19.3 Å². The van der Waals surface area contributed by atoms with Crippen molar-refractivity contribution in [1.29, 1.82) is 5.26 Å². The first kappa shape index (κ1) is 12.8. The number of alkyl halides is 3. The van der Waals surface area contributed by atoms with Gasteiger partial charge in [0, 0.05) is 19.5 Å². The lowest BCUT2D eigenvalue weighted by atomic mass is 9.95. The summed E-state index contributed by atoms with van der Waals surface area (Å²) in [6.07, 6.45) is -3.43. The van der Waals surface area contributed by atoms with Gasteiger partial charge in [0.1, 0.15) is 0 Å². The van der Waals surface area contributed by atoms with E-state index in [4.69, 9.17) is 5.26 Å². The Morgan fingerprint density at radius 1 is 1.44 bits per heavy atom. The number of nitrogens with zero attached hydrogens (tertiary/aromatic N) is 2. The van der Waals surface area contributed by atoms with Gasteiger partial charge >= 0.3 is 12.1 Å². The molecule has 0 saturated carbocycles. The highest BCUT2D eigenvalue weighted by atomic mass is 19.4. The van der Waals surface area contributed by atoms with Crippen LogP contribution in [0.3, 0.4) is 0 Å². The van der Waals surface area contributed by atoms with E-state index in [-0.39, 0.29) is 19.0 Å². The van der Waals surface area contributed by atoms with Gasteiger partial charge in [-0.25, -0.2) is 4.79 Å². The maximum atomic E-state index is 11.9. The molecule has 1 saturated heterocycles. The van der Waals surface area contributed by atoms with Crippen molar-refractivity contribution in [2.75, 3.05) is 13.1 Å². The molecule has 7 heteroatoms. The number of carbonyl (C=O) groups is 1. The highest BCUT2D eigenvalue weighted by Crippen LogP contribution is 2.22. The second-order valence-electron chi connectivity index (χ2n) is 3.61. The van der Waals surface area contributed by atoms with Crippen LogP contribution in [0, 0.1) is 17.2 Å². The molecule has 90 valence electrons. The number of carbonyl (C=O) groups excluding carboxylic acids is 1. The lowest BCUT2D eigenvalue weighted by Crippen LogP contribution is -2.39. The van der Waals surface area contributed by atoms with Crippen LogP contribution < -0.4 is 0 Å². The standard InChI is InChI=1S/C9H11F3N2O2/c10-9(11,12)8(15)16-14-5-2-7(1-4-13)3-6-14/h7H,1-3,5-6H2. The Labute approximate surface area is 90.5 Å². The predicted molar refractivity (Wildman–Crippen MR) is 46.7 cm³/mol. The highest BCUT2D eigenvalue weighted by molar-refractivity contribution is 5.75. The van der Waals surface area contributed by atoms with E-state index >= 15 is 0 Å². The third kappa shape index (κ3) is 3.70. The molecule has 0 unspecified atom stereocenters. The molecule has 0 atom stereocenters. The zero-order valence-corrected chi connectivity index (χ0v) is 8.46. The minimum absolute atomic E-state index is 0.186. The molecule has 0 amide bonds. The van der Waals surface area contributed by atoms with Crippen LogP contribution in [0.5, 0.6) is 0 Å². The van der Waals surface area contributed by atoms with Crippen LogP contribution in [-0.4, -0.2) is 30.3 Å². The van der Waals surface area contributed by atoms with E-state index in [9.17, 15) is 18.0 Å². The minimum atomic E-state index is -4.95. The maximum absolute atomic E-state index is 11.9. The Morgan fingerprint density at radius 2 is 2.00 bits per heavy atom. The molecule has 1 aliphatic rings. The summed E-state index contributed by atoms with van der Waals surface area (Å²) in [6.45, 7) is 0.488. The van der Waals surface area contributed by atoms with Crippen LogP contribution in [0.2, 0.25) is 0 Å². The van der Waals surface area contributed by atoms with Crippen molar-refractivity contribution in [3.05, 3.63) is 0 Å². The summed E-state index contributed by atoms with van der Waals surface area (Å²) in [5.41, 5.74) is 0. The molecule has 1 fully saturated rings. The summed E-state index contributed by atoms with van der Waals surface area (Å²) in [4.78, 5) is 14.7. The number of hydroxylamine groups is 2. The molecule has 0 spiro atoms. The van der Waals surface area contributed by atoms with Crippen molar-refractivity contribution in [3.8, 4) is 6.07 Å². The summed E-state index contributed by atoms with van der Waals surface area (Å²) < 4.78 is 35.6. The smallest absolute Gasteiger partial charge is 0.361 e. The average molecular weight is 236 g/mol. The number of hydrogen-bond acceptors (Lipinski definition) is 4. The first-order valence-corrected chi connectivity index (χ1v) is 4.84. The number of hydrogen-bond donors (Lipinski definition) is 0. The number of halogens is 3. The monoisotopic (exact) mass is 236 g/mol. The van der Waals surface area contributed by atoms with Crippen molar-refractivity contribution in [2.45, 2.75) is 25.4 Å². The first-order valence-electron chi connectivity index (χ1n) is 4.84. The second kappa shape index (κ2) is 5.16. The van der Waals surface area contributed by atoms with Gasteiger partial charge in [-0.3, -0.25) is 0 Å². The number of rotatable bonds is 2. The van der Waals surface area contributed by atoms with Gasteiger partial charge in [0.2, 0.25) is 0 Å². The van der Waals surface area contributed by atoms with Crippen LogP contribution >= 0.6 is 0 Å². The van der Waals surface area contributed by atoms with Crippen molar-refractivity contribution in [1.82, 2.24) is 5.06 Å². The van der Waals surface area contributed by atoms with E-state index in [1.165, 1.54) is 0 Å². The molecule has 1 heterocycles. The van der Waals surface area contributed by atoms with E-state index in [0.29, 0.717) is 19.3 Å². The Balaban J connectivity index is 2.33. The van der Waals surface area contributed by atoms with Gasteiger partial charge < -0.3 is 4.84 Å². The topological polar surface area (TPSA) is 53.3 Å². The molecular weight excluding hydrogens is 225 g/mol. The van der Waals surface area contributed by atoms with Gasteiger partial charge in [-0.2, -0.15) is 18.4 Å². The summed E-state index contributed by atoms with van der Waals surface area (Å²) >= 11 is 0. The molecule has 0 aromatic heterocycles. The molecule has 16 heavy (non-hydrogen) atoms. The second-order valence-corrected chi connectivity index (χ2v) is 3.61. The summed E-state index contributed by atoms with van der Waals surface area (Å²) in [7, 11) is 0. The fraction of sp³-hybridized carbons (Fsp3) is 0.778. The highest BCUT2D eigenvalue weighted by Gasteiger charge is 2.42. The molecule has 0 radical (unpaired) electrons. The normalized spacial score (nSPS) is 19.1. The number of piperidine rings is 1. The van der Waals surface area contributed by atoms with Crippen LogP contribution in [0.25, 0.3) is 0 Å². The zero-order chi connectivity index (χ0) is 12.2. The van der Waals surface area contributed by atoms with Crippen molar-refractivity contribution in [2.24, 2.45) is 5.92 Å². The lowest BCUT2D eigenvalue weighted by Gasteiger charge is -2.29. The van der Waals surface area contributed by atoms with E-state index < -0.39 is 12.1 Å². The number of nitriles is 1. The largest absolute Gasteiger partial charge is 0.492 e. The molecular formula is C9H11F3N2O2. The Morgan fingerprint density at radius 3 is 2.44 bits per heavy atom. The van der Waals surface area contributed by atoms with Gasteiger partial charge in [0.25, 0.3) is 0 Å². The van der Waals surface area contributed by atoms with Crippen molar-refractivity contribution >= 4 is 5.97 Å². The van der Waals surface area contributed by atoms with Crippen LogP contribution in [-0.2, 0) is 9.63 Å². The van der Waals surface area contributed by atoms with Crippen molar-refractivity contribution in [3.63, 3.8) is 0 Å². The summed E-state index contributed by atoms with van der Waals surface area (Å²) in [5, 5.41) is 9.44. The average Bonchev–Trinajstić information content (AvgIpc) is 2.20. The fourth-order valence-electron chi connectivity index (χ4n) is 1.50. The van der Waals surface area contributed by atoms with E-state index in [1.54, 1.807) is 0 Å². The maximum Gasteiger partial charge on any atom is 0.492 e. The molecule has 0 aliphatic carbocycles. The SMILES string of the molecule is N#CCC1CCN(OC(=O)C(F)(F)F)CC1. The summed E-state index contributed by atoms with van der Waals surface area (Å²) in [5.74, 6) is -2.00. The minimum Gasteiger partial charge on any atom is -0.361 e. The van der Waals surface area contributed by atoms with Crippen LogP contribution in [0.4, 0.5) is 13.2 Å². The predicted octanol–water partition coefficient (Wildman–Crippen LogP) is 1.63. The van der Waals surface area contributed by atoms with Gasteiger partial charge in [0.15, 0.2) is 0 Å².